The first kappa shape index (κ1) is 33.5. The fraction of sp³-hybridized carbons (Fsp3) is 0.132. The van der Waals surface area contributed by atoms with Crippen molar-refractivity contribution in [2.75, 3.05) is 4.90 Å². The van der Waals surface area contributed by atoms with Gasteiger partial charge in [-0.2, -0.15) is 0 Å². The Bertz CT molecular complexity index is 2930. The monoisotopic (exact) mass is 734 g/mol. The van der Waals surface area contributed by atoms with Gasteiger partial charge in [0.2, 0.25) is 0 Å². The van der Waals surface area contributed by atoms with Crippen LogP contribution in [0.1, 0.15) is 65.8 Å². The van der Waals surface area contributed by atoms with Crippen LogP contribution in [0.4, 0.5) is 17.1 Å². The second-order valence-electron chi connectivity index (χ2n) is 16.2. The number of fused-ring (bicyclic) bond motifs is 9. The minimum absolute atomic E-state index is 0.125. The molecule has 0 saturated carbocycles. The highest BCUT2D eigenvalue weighted by molar-refractivity contribution is 6.14. The molecule has 0 fully saturated rings. The summed E-state index contributed by atoms with van der Waals surface area (Å²) >= 11 is 0. The maximum absolute atomic E-state index is 9.46. The third kappa shape index (κ3) is 5.20. The van der Waals surface area contributed by atoms with Crippen molar-refractivity contribution < 1.29 is 0 Å². The molecule has 57 heavy (non-hydrogen) atoms. The first-order valence-electron chi connectivity index (χ1n) is 20.1. The van der Waals surface area contributed by atoms with E-state index in [-0.39, 0.29) is 5.41 Å². The van der Waals surface area contributed by atoms with Crippen LogP contribution in [0, 0.1) is 5.41 Å². The second-order valence-corrected chi connectivity index (χ2v) is 16.2. The van der Waals surface area contributed by atoms with Crippen molar-refractivity contribution in [1.82, 2.24) is 4.57 Å². The van der Waals surface area contributed by atoms with Gasteiger partial charge in [0.1, 0.15) is 6.34 Å². The largest absolute Gasteiger partial charge is 0.333 e. The second kappa shape index (κ2) is 12.9. The molecule has 1 unspecified atom stereocenters. The van der Waals surface area contributed by atoms with Crippen molar-refractivity contribution in [3.63, 3.8) is 0 Å². The van der Waals surface area contributed by atoms with E-state index in [1.807, 2.05) is 30.6 Å². The van der Waals surface area contributed by atoms with Gasteiger partial charge in [-0.25, -0.2) is 4.99 Å². The fourth-order valence-electron chi connectivity index (χ4n) is 9.87. The van der Waals surface area contributed by atoms with Gasteiger partial charge in [-0.05, 0) is 118 Å². The molecule has 4 aliphatic rings. The van der Waals surface area contributed by atoms with E-state index in [0.29, 0.717) is 11.8 Å². The Morgan fingerprint density at radius 2 is 1.54 bits per heavy atom. The van der Waals surface area contributed by atoms with Crippen molar-refractivity contribution in [2.24, 2.45) is 4.99 Å². The number of nitrogens with one attached hydrogen (secondary N) is 1. The van der Waals surface area contributed by atoms with Gasteiger partial charge in [0, 0.05) is 38.9 Å². The Kier molecular flexibility index (Phi) is 7.59. The first-order chi connectivity index (χ1) is 28.0. The molecule has 0 spiro atoms. The van der Waals surface area contributed by atoms with Crippen LogP contribution in [0.2, 0.25) is 0 Å². The van der Waals surface area contributed by atoms with Gasteiger partial charge in [-0.15, -0.1) is 0 Å². The molecule has 1 aliphatic heterocycles. The highest BCUT2D eigenvalue weighted by Crippen LogP contribution is 2.50. The molecule has 1 atom stereocenters. The van der Waals surface area contributed by atoms with E-state index >= 15 is 0 Å². The molecule has 1 aromatic heterocycles. The maximum Gasteiger partial charge on any atom is 0.100 e. The van der Waals surface area contributed by atoms with Crippen LogP contribution in [0.5, 0.6) is 0 Å². The van der Waals surface area contributed by atoms with Crippen molar-refractivity contribution in [3.8, 4) is 22.3 Å². The van der Waals surface area contributed by atoms with E-state index in [1.165, 1.54) is 72.5 Å². The number of benzene rings is 6. The maximum atomic E-state index is 9.46. The number of aliphatic imine (C=N–C) groups is 1. The summed E-state index contributed by atoms with van der Waals surface area (Å²) in [5.41, 5.74) is 19.4. The molecule has 0 saturated heterocycles. The highest BCUT2D eigenvalue weighted by Gasteiger charge is 2.36. The van der Waals surface area contributed by atoms with E-state index in [2.05, 4.69) is 163 Å². The number of allylic oxidation sites excluding steroid dienone is 3. The van der Waals surface area contributed by atoms with Gasteiger partial charge in [-0.3, -0.25) is 5.41 Å². The van der Waals surface area contributed by atoms with Gasteiger partial charge >= 0.3 is 0 Å². The average Bonchev–Trinajstić information content (AvgIpc) is 3.85. The molecule has 3 aliphatic carbocycles. The molecule has 0 amide bonds. The highest BCUT2D eigenvalue weighted by atomic mass is 15.2. The summed E-state index contributed by atoms with van der Waals surface area (Å²) in [5.74, 6) is 0. The van der Waals surface area contributed by atoms with E-state index < -0.39 is 0 Å². The molecule has 0 radical (unpaired) electrons. The minimum atomic E-state index is -0.125. The van der Waals surface area contributed by atoms with Crippen molar-refractivity contribution in [2.45, 2.75) is 44.6 Å². The van der Waals surface area contributed by atoms with Crippen molar-refractivity contribution in [1.29, 1.82) is 5.41 Å². The van der Waals surface area contributed by atoms with E-state index in [0.717, 1.165) is 41.6 Å². The normalized spacial score (nSPS) is 17.0. The summed E-state index contributed by atoms with van der Waals surface area (Å²) in [5, 5.41) is 10.7. The number of rotatable bonds is 6. The molecule has 7 aromatic rings. The lowest BCUT2D eigenvalue weighted by atomic mass is 9.81. The van der Waals surface area contributed by atoms with E-state index in [9.17, 15) is 5.41 Å². The van der Waals surface area contributed by atoms with E-state index in [1.54, 1.807) is 0 Å². The minimum Gasteiger partial charge on any atom is -0.333 e. The molecule has 1 N–H and O–H groups in total. The third-order valence-electron chi connectivity index (χ3n) is 12.7. The molecule has 4 nitrogen and oxygen atoms in total. The van der Waals surface area contributed by atoms with Gasteiger partial charge in [-0.1, -0.05) is 123 Å². The molecule has 2 heterocycles. The number of nitrogens with zero attached hydrogens (tertiary/aromatic N) is 3. The molecule has 0 bridgehead atoms. The van der Waals surface area contributed by atoms with Crippen LogP contribution < -0.4 is 4.90 Å². The molecule has 11 rings (SSSR count). The Hall–Kier alpha value is -6.78. The zero-order valence-corrected chi connectivity index (χ0v) is 32.2. The first-order valence-corrected chi connectivity index (χ1v) is 20.1. The number of aryl methyl sites for hydroxylation is 1. The quantitative estimate of drug-likeness (QED) is 0.134. The van der Waals surface area contributed by atoms with Gasteiger partial charge < -0.3 is 9.47 Å². The molecular weight excluding hydrogens is 693 g/mol. The summed E-state index contributed by atoms with van der Waals surface area (Å²) in [7, 11) is 0. The van der Waals surface area contributed by atoms with Crippen LogP contribution in [0.3, 0.4) is 0 Å². The van der Waals surface area contributed by atoms with Crippen molar-refractivity contribution >= 4 is 51.7 Å². The molecular formula is C53H42N4. The Labute approximate surface area is 334 Å². The Balaban J connectivity index is 0.947. The van der Waals surface area contributed by atoms with Crippen LogP contribution in [-0.4, -0.2) is 22.7 Å². The summed E-state index contributed by atoms with van der Waals surface area (Å²) in [6, 6.07) is 48.3. The van der Waals surface area contributed by atoms with Crippen LogP contribution in [-0.2, 0) is 11.8 Å². The Morgan fingerprint density at radius 3 is 2.46 bits per heavy atom. The Morgan fingerprint density at radius 1 is 0.754 bits per heavy atom. The van der Waals surface area contributed by atoms with Crippen molar-refractivity contribution in [3.05, 3.63) is 197 Å². The van der Waals surface area contributed by atoms with Gasteiger partial charge in [0.25, 0.3) is 0 Å². The summed E-state index contributed by atoms with van der Waals surface area (Å²) in [6.07, 6.45) is 16.3. The molecule has 6 aromatic carbocycles. The standard InChI is InChI=1S/C53H42N4/c1-53(2)45-20-10-6-16-38(45)39-27-24-36(32-46(39)53)52(54)42-19-7-11-21-47(42)55-33-56-48-22-12-8-17-40(48)43-30-34(25-28-49(43)56)35-26-29-51-44(31-35)41-18-9-13-23-50(41)57(51)37-14-4-3-5-15-37/h3-7,9-16,18-22,24-33,50,54H,8,17,23H2,1-2H3. The lowest BCUT2D eigenvalue weighted by Crippen LogP contribution is -2.26. The number of para-hydroxylation sites is 2. The predicted octanol–water partition coefficient (Wildman–Crippen LogP) is 13.1. The molecule has 274 valence electrons. The number of aromatic nitrogens is 1. The summed E-state index contributed by atoms with van der Waals surface area (Å²) in [4.78, 5) is 7.63. The fourth-order valence-corrected chi connectivity index (χ4v) is 9.87. The van der Waals surface area contributed by atoms with Crippen LogP contribution >= 0.6 is 0 Å². The summed E-state index contributed by atoms with van der Waals surface area (Å²) in [6.45, 7) is 4.57. The molecule has 4 heteroatoms. The van der Waals surface area contributed by atoms with Gasteiger partial charge in [0.05, 0.1) is 28.7 Å². The number of anilines is 2. The summed E-state index contributed by atoms with van der Waals surface area (Å²) < 4.78 is 2.24. The van der Waals surface area contributed by atoms with E-state index in [4.69, 9.17) is 4.99 Å². The lowest BCUT2D eigenvalue weighted by Gasteiger charge is -2.28. The zero-order chi connectivity index (χ0) is 38.3. The lowest BCUT2D eigenvalue weighted by molar-refractivity contribution is 0.660. The predicted molar refractivity (Wildman–Crippen MR) is 239 cm³/mol. The zero-order valence-electron chi connectivity index (χ0n) is 32.2. The topological polar surface area (TPSA) is 44.4 Å². The average molecular weight is 735 g/mol. The number of hydrogen-bond acceptors (Lipinski definition) is 3. The van der Waals surface area contributed by atoms with Gasteiger partial charge in [0.15, 0.2) is 0 Å². The van der Waals surface area contributed by atoms with Crippen LogP contribution in [0.25, 0.3) is 44.8 Å². The van der Waals surface area contributed by atoms with Crippen LogP contribution in [0.15, 0.2) is 163 Å². The smallest absolute Gasteiger partial charge is 0.100 e. The number of hydrogen-bond donors (Lipinski definition) is 1. The SMILES string of the molecule is CC1(C)c2ccccc2-c2ccc(C(=N)c3ccccc3N=Cn3c4c(c5cc(-c6ccc7c(c6)C6=CC=CCC6N7c6ccccc6)ccc53)CCC=C4)cc21. The third-order valence-corrected chi connectivity index (χ3v) is 12.7.